The van der Waals surface area contributed by atoms with Gasteiger partial charge in [0.05, 0.1) is 18.7 Å². The Bertz CT molecular complexity index is 1230. The number of aryl methyl sites for hydroxylation is 1. The first-order valence-electron chi connectivity index (χ1n) is 13.1. The van der Waals surface area contributed by atoms with Gasteiger partial charge in [0.25, 0.3) is 0 Å². The predicted molar refractivity (Wildman–Crippen MR) is 145 cm³/mol. The molecule has 0 bridgehead atoms. The van der Waals surface area contributed by atoms with Crippen LogP contribution in [0.2, 0.25) is 25.7 Å². The molecule has 1 aromatic carbocycles. The second-order valence-electron chi connectivity index (χ2n) is 10.8. The molecule has 1 saturated carbocycles. The molecule has 8 heteroatoms. The fourth-order valence-corrected chi connectivity index (χ4v) is 4.99. The van der Waals surface area contributed by atoms with E-state index in [1.807, 2.05) is 24.5 Å². The Morgan fingerprint density at radius 1 is 1.17 bits per heavy atom. The van der Waals surface area contributed by atoms with Gasteiger partial charge in [0.2, 0.25) is 0 Å². The van der Waals surface area contributed by atoms with Crippen LogP contribution < -0.4 is 4.74 Å². The van der Waals surface area contributed by atoms with Gasteiger partial charge in [-0.1, -0.05) is 32.6 Å². The van der Waals surface area contributed by atoms with E-state index in [-0.39, 0.29) is 5.97 Å². The maximum Gasteiger partial charge on any atom is 0.342 e. The van der Waals surface area contributed by atoms with Crippen molar-refractivity contribution in [2.45, 2.75) is 72.4 Å². The third kappa shape index (κ3) is 5.98. The van der Waals surface area contributed by atoms with Crippen molar-refractivity contribution in [3.8, 4) is 17.0 Å². The zero-order valence-electron chi connectivity index (χ0n) is 22.5. The molecule has 0 amide bonds. The molecule has 3 aromatic rings. The summed E-state index contributed by atoms with van der Waals surface area (Å²) in [5.41, 5.74) is 5.45. The zero-order valence-corrected chi connectivity index (χ0v) is 23.5. The number of aromatic nitrogens is 3. The average molecular weight is 510 g/mol. The molecule has 4 rings (SSSR count). The lowest BCUT2D eigenvalue weighted by atomic mass is 10.0. The third-order valence-corrected chi connectivity index (χ3v) is 8.37. The Morgan fingerprint density at radius 2 is 1.94 bits per heavy atom. The second kappa shape index (κ2) is 11.1. The quantitative estimate of drug-likeness (QED) is 0.163. The Balaban J connectivity index is 1.83. The number of carbonyl (C=O) groups excluding carboxylic acids is 1. The largest absolute Gasteiger partial charge is 0.493 e. The van der Waals surface area contributed by atoms with Gasteiger partial charge in [-0.2, -0.15) is 0 Å². The number of benzene rings is 1. The van der Waals surface area contributed by atoms with E-state index < -0.39 is 8.07 Å². The number of nitrogens with zero attached hydrogens (tertiary/aromatic N) is 3. The number of hydrogen-bond acceptors (Lipinski definition) is 6. The van der Waals surface area contributed by atoms with E-state index in [4.69, 9.17) is 19.2 Å². The predicted octanol–water partition coefficient (Wildman–Crippen LogP) is 6.25. The van der Waals surface area contributed by atoms with Crippen LogP contribution in [-0.4, -0.2) is 48.4 Å². The van der Waals surface area contributed by atoms with E-state index in [1.165, 1.54) is 24.7 Å². The van der Waals surface area contributed by atoms with Crippen molar-refractivity contribution < 1.29 is 19.0 Å². The van der Waals surface area contributed by atoms with Gasteiger partial charge < -0.3 is 18.8 Å². The van der Waals surface area contributed by atoms with E-state index in [2.05, 4.69) is 43.7 Å². The van der Waals surface area contributed by atoms with E-state index in [0.717, 1.165) is 40.7 Å². The van der Waals surface area contributed by atoms with Gasteiger partial charge in [-0.15, -0.1) is 0 Å². The molecule has 1 aliphatic carbocycles. The van der Waals surface area contributed by atoms with E-state index in [1.54, 1.807) is 0 Å². The first-order chi connectivity index (χ1) is 17.2. The molecule has 7 nitrogen and oxygen atoms in total. The van der Waals surface area contributed by atoms with Crippen molar-refractivity contribution in [1.29, 1.82) is 0 Å². The van der Waals surface area contributed by atoms with Gasteiger partial charge >= 0.3 is 5.97 Å². The van der Waals surface area contributed by atoms with Crippen LogP contribution in [0, 0.1) is 12.8 Å². The zero-order chi connectivity index (χ0) is 25.9. The van der Waals surface area contributed by atoms with E-state index in [0.29, 0.717) is 43.5 Å². The normalized spacial score (nSPS) is 13.8. The van der Waals surface area contributed by atoms with E-state index in [9.17, 15) is 4.79 Å². The summed E-state index contributed by atoms with van der Waals surface area (Å²) < 4.78 is 19.8. The molecular weight excluding hydrogens is 470 g/mol. The summed E-state index contributed by atoms with van der Waals surface area (Å²) in [5, 5.41) is 0. The summed E-state index contributed by atoms with van der Waals surface area (Å²) in [4.78, 5) is 22.3. The van der Waals surface area contributed by atoms with Crippen molar-refractivity contribution in [3.05, 3.63) is 41.3 Å². The van der Waals surface area contributed by atoms with Crippen LogP contribution in [0.3, 0.4) is 0 Å². The Kier molecular flexibility index (Phi) is 8.15. The van der Waals surface area contributed by atoms with Gasteiger partial charge in [-0.25, -0.2) is 14.8 Å². The van der Waals surface area contributed by atoms with Crippen LogP contribution in [0.25, 0.3) is 22.3 Å². The van der Waals surface area contributed by atoms with Crippen LogP contribution in [0.15, 0.2) is 24.5 Å². The molecule has 1 fully saturated rings. The molecule has 0 spiro atoms. The Hall–Kier alpha value is -2.71. The van der Waals surface area contributed by atoms with Crippen molar-refractivity contribution in [1.82, 2.24) is 14.5 Å². The smallest absolute Gasteiger partial charge is 0.342 e. The number of esters is 1. The summed E-state index contributed by atoms with van der Waals surface area (Å²) in [6.07, 6.45) is 4.87. The molecule has 0 N–H and O–H groups in total. The van der Waals surface area contributed by atoms with Crippen molar-refractivity contribution in [2.24, 2.45) is 5.92 Å². The Labute approximate surface area is 215 Å². The SMILES string of the molecule is CCOC(=O)c1c(C)n(COCC[Si](C)(C)C)c2c(-c3cc(CC)ccc3OCC3CC3)ncnc12. The number of carbonyl (C=O) groups is 1. The third-order valence-electron chi connectivity index (χ3n) is 6.67. The highest BCUT2D eigenvalue weighted by Gasteiger charge is 2.27. The molecule has 0 atom stereocenters. The monoisotopic (exact) mass is 509 g/mol. The summed E-state index contributed by atoms with van der Waals surface area (Å²) in [6, 6.07) is 7.36. The fourth-order valence-electron chi connectivity index (χ4n) is 4.23. The van der Waals surface area contributed by atoms with Crippen LogP contribution in [0.5, 0.6) is 5.75 Å². The summed E-state index contributed by atoms with van der Waals surface area (Å²) >= 11 is 0. The molecular formula is C28H39N3O4Si. The molecule has 0 unspecified atom stereocenters. The van der Waals surface area contributed by atoms with Crippen molar-refractivity contribution >= 4 is 25.1 Å². The number of hydrogen-bond donors (Lipinski definition) is 0. The van der Waals surface area contributed by atoms with Gasteiger partial charge in [0.1, 0.15) is 35.6 Å². The highest BCUT2D eigenvalue weighted by molar-refractivity contribution is 6.76. The second-order valence-corrected chi connectivity index (χ2v) is 16.4. The fraction of sp³-hybridized carbons (Fsp3) is 0.536. The first kappa shape index (κ1) is 26.4. The van der Waals surface area contributed by atoms with E-state index >= 15 is 0 Å². The number of ether oxygens (including phenoxy) is 3. The number of rotatable bonds is 12. The lowest BCUT2D eigenvalue weighted by Crippen LogP contribution is -2.22. The lowest BCUT2D eigenvalue weighted by molar-refractivity contribution is 0.0525. The van der Waals surface area contributed by atoms with Gasteiger partial charge in [0, 0.05) is 25.9 Å². The molecule has 0 aliphatic heterocycles. The van der Waals surface area contributed by atoms with Crippen LogP contribution >= 0.6 is 0 Å². The minimum atomic E-state index is -1.23. The molecule has 2 heterocycles. The maximum atomic E-state index is 13.0. The van der Waals surface area contributed by atoms with Gasteiger partial charge in [0.15, 0.2) is 0 Å². The summed E-state index contributed by atoms with van der Waals surface area (Å²) in [5.74, 6) is 1.07. The molecule has 2 aromatic heterocycles. The minimum absolute atomic E-state index is 0.299. The maximum absolute atomic E-state index is 13.0. The molecule has 194 valence electrons. The molecule has 0 radical (unpaired) electrons. The van der Waals surface area contributed by atoms with Crippen LogP contribution in [-0.2, 0) is 22.6 Å². The lowest BCUT2D eigenvalue weighted by Gasteiger charge is -2.17. The molecule has 0 saturated heterocycles. The molecule has 36 heavy (non-hydrogen) atoms. The van der Waals surface area contributed by atoms with Crippen LogP contribution in [0.4, 0.5) is 0 Å². The van der Waals surface area contributed by atoms with Gasteiger partial charge in [-0.05, 0) is 62.8 Å². The number of fused-ring (bicyclic) bond motifs is 1. The van der Waals surface area contributed by atoms with Crippen LogP contribution in [0.1, 0.15) is 48.3 Å². The highest BCUT2D eigenvalue weighted by atomic mass is 28.3. The summed E-state index contributed by atoms with van der Waals surface area (Å²) in [6.45, 7) is 14.9. The topological polar surface area (TPSA) is 75.5 Å². The standard InChI is InChI=1S/C28H39N3O4Si/c1-7-20-11-12-23(35-16-21-9-10-21)22(15-20)25-27-26(30-17-29-25)24(28(32)34-8-2)19(3)31(27)18-33-13-14-36(4,5)6/h11-12,15,17,21H,7-10,13-14,16,18H2,1-6H3. The summed E-state index contributed by atoms with van der Waals surface area (Å²) in [7, 11) is -1.23. The minimum Gasteiger partial charge on any atom is -0.493 e. The average Bonchev–Trinajstić information content (AvgIpc) is 3.62. The van der Waals surface area contributed by atoms with Gasteiger partial charge in [-0.3, -0.25) is 0 Å². The first-order valence-corrected chi connectivity index (χ1v) is 16.8. The Morgan fingerprint density at radius 3 is 2.61 bits per heavy atom. The van der Waals surface area contributed by atoms with Crippen molar-refractivity contribution in [2.75, 3.05) is 19.8 Å². The molecule has 1 aliphatic rings. The van der Waals surface area contributed by atoms with Crippen molar-refractivity contribution in [3.63, 3.8) is 0 Å². The highest BCUT2D eigenvalue weighted by Crippen LogP contribution is 2.38.